The molecule has 0 spiro atoms. The Balaban J connectivity index is 2.87. The molecule has 0 atom stereocenters. The maximum absolute atomic E-state index is 12.0. The highest BCUT2D eigenvalue weighted by Gasteiger charge is 2.27. The van der Waals surface area contributed by atoms with E-state index in [9.17, 15) is 18.0 Å². The zero-order chi connectivity index (χ0) is 13.9. The average Bonchev–Trinajstić information content (AvgIpc) is 2.53. The van der Waals surface area contributed by atoms with Gasteiger partial charge in [-0.25, -0.2) is 0 Å². The molecular weight excluding hydrogens is 269 g/mol. The van der Waals surface area contributed by atoms with Crippen LogP contribution in [0, 0.1) is 11.3 Å². The molecule has 18 heavy (non-hydrogen) atoms. The lowest BCUT2D eigenvalue weighted by atomic mass is 10.2. The van der Waals surface area contributed by atoms with Gasteiger partial charge in [0.25, 0.3) is 5.91 Å². The number of nitrogens with zero attached hydrogens (tertiary/aromatic N) is 1. The van der Waals surface area contributed by atoms with Crippen LogP contribution in [-0.2, 0) is 0 Å². The minimum atomic E-state index is -4.30. The number of carbonyl (C=O) groups excluding carboxylic acids is 1. The molecule has 0 saturated heterocycles. The maximum atomic E-state index is 12.0. The van der Waals surface area contributed by atoms with Gasteiger partial charge in [0.15, 0.2) is 0 Å². The Morgan fingerprint density at radius 2 is 2.11 bits per heavy atom. The number of amides is 1. The van der Waals surface area contributed by atoms with Crippen LogP contribution in [0.1, 0.15) is 21.7 Å². The van der Waals surface area contributed by atoms with Crippen molar-refractivity contribution in [1.29, 1.82) is 5.26 Å². The van der Waals surface area contributed by atoms with Gasteiger partial charge in [0.2, 0.25) is 0 Å². The molecule has 98 valence electrons. The minimum Gasteiger partial charge on any atom is -0.396 e. The number of thiophene rings is 1. The van der Waals surface area contributed by atoms with Gasteiger partial charge in [-0.05, 0) is 0 Å². The molecule has 1 aromatic rings. The zero-order valence-corrected chi connectivity index (χ0v) is 9.78. The van der Waals surface area contributed by atoms with E-state index in [4.69, 9.17) is 16.7 Å². The van der Waals surface area contributed by atoms with E-state index < -0.39 is 25.0 Å². The van der Waals surface area contributed by atoms with Crippen LogP contribution < -0.4 is 16.8 Å². The Kier molecular flexibility index (Phi) is 4.03. The third-order valence-corrected chi connectivity index (χ3v) is 3.15. The van der Waals surface area contributed by atoms with Gasteiger partial charge in [0.05, 0.1) is 12.1 Å². The second-order valence-corrected chi connectivity index (χ2v) is 4.34. The number of primary amides is 1. The van der Waals surface area contributed by atoms with Gasteiger partial charge in [-0.1, -0.05) is 0 Å². The number of rotatable bonds is 4. The normalized spacial score (nSPS) is 11.0. The second-order valence-electron chi connectivity index (χ2n) is 3.32. The van der Waals surface area contributed by atoms with Crippen LogP contribution in [0.3, 0.4) is 0 Å². The molecule has 0 aliphatic carbocycles. The van der Waals surface area contributed by atoms with E-state index in [2.05, 4.69) is 5.32 Å². The predicted octanol–water partition coefficient (Wildman–Crippen LogP) is 1.67. The van der Waals surface area contributed by atoms with Gasteiger partial charge in [-0.3, -0.25) is 4.79 Å². The largest absolute Gasteiger partial charge is 0.396 e. The molecule has 5 nitrogen and oxygen atoms in total. The number of nitrogens with two attached hydrogens (primary N) is 2. The third kappa shape index (κ3) is 3.27. The number of hydrogen-bond donors (Lipinski definition) is 3. The topological polar surface area (TPSA) is 105 Å². The quantitative estimate of drug-likeness (QED) is 0.778. The summed E-state index contributed by atoms with van der Waals surface area (Å²) in [7, 11) is 0. The molecule has 1 heterocycles. The lowest BCUT2D eigenvalue weighted by Crippen LogP contribution is -2.14. The first-order valence-corrected chi connectivity index (χ1v) is 5.50. The molecule has 0 bridgehead atoms. The van der Waals surface area contributed by atoms with Crippen molar-refractivity contribution in [3.63, 3.8) is 0 Å². The molecule has 9 heteroatoms. The van der Waals surface area contributed by atoms with Crippen LogP contribution in [0.5, 0.6) is 0 Å². The Morgan fingerprint density at radius 3 is 2.56 bits per heavy atom. The number of halogens is 3. The molecule has 0 aliphatic heterocycles. The summed E-state index contributed by atoms with van der Waals surface area (Å²) in [6.07, 6.45) is -5.35. The molecule has 0 radical (unpaired) electrons. The molecule has 0 aliphatic rings. The molecule has 1 amide bonds. The fourth-order valence-electron chi connectivity index (χ4n) is 1.18. The van der Waals surface area contributed by atoms with E-state index in [0.29, 0.717) is 0 Å². The van der Waals surface area contributed by atoms with E-state index in [1.807, 2.05) is 0 Å². The summed E-state index contributed by atoms with van der Waals surface area (Å²) in [5, 5.41) is 11.4. The molecular formula is C9H9F3N4OS. The smallest absolute Gasteiger partial charge is 0.390 e. The number of hydrogen-bond acceptors (Lipinski definition) is 5. The highest BCUT2D eigenvalue weighted by atomic mass is 32.1. The SMILES string of the molecule is N#Cc1c(NCCC(F)(F)F)sc(C(N)=O)c1N. The standard InChI is InChI=1S/C9H9F3N4OS/c10-9(11,12)1-2-16-8-4(3-13)5(14)6(18-8)7(15)17/h16H,1-2,14H2,(H2,15,17). The van der Waals surface area contributed by atoms with Crippen LogP contribution in [0.2, 0.25) is 0 Å². The molecule has 1 aromatic heterocycles. The van der Waals surface area contributed by atoms with Crippen LogP contribution in [0.25, 0.3) is 0 Å². The van der Waals surface area contributed by atoms with Gasteiger partial charge in [-0.2, -0.15) is 18.4 Å². The molecule has 5 N–H and O–H groups in total. The van der Waals surface area contributed by atoms with Crippen molar-refractivity contribution in [3.05, 3.63) is 10.4 Å². The van der Waals surface area contributed by atoms with Crippen LogP contribution in [0.15, 0.2) is 0 Å². The van der Waals surface area contributed by atoms with Crippen molar-refractivity contribution in [2.24, 2.45) is 5.73 Å². The van der Waals surface area contributed by atoms with Gasteiger partial charge in [0.1, 0.15) is 21.5 Å². The summed E-state index contributed by atoms with van der Waals surface area (Å²) in [6.45, 7) is -0.406. The number of nitriles is 1. The van der Waals surface area contributed by atoms with Gasteiger partial charge in [0, 0.05) is 6.54 Å². The maximum Gasteiger partial charge on any atom is 0.390 e. The highest BCUT2D eigenvalue weighted by Crippen LogP contribution is 2.35. The predicted molar refractivity (Wildman–Crippen MR) is 61.1 cm³/mol. The molecule has 0 fully saturated rings. The fraction of sp³-hybridized carbons (Fsp3) is 0.333. The first-order chi connectivity index (χ1) is 8.26. The molecule has 1 rings (SSSR count). The van der Waals surface area contributed by atoms with E-state index in [1.165, 1.54) is 0 Å². The first-order valence-electron chi connectivity index (χ1n) is 4.69. The van der Waals surface area contributed by atoms with E-state index >= 15 is 0 Å². The lowest BCUT2D eigenvalue weighted by molar-refractivity contribution is -0.131. The fourth-order valence-corrected chi connectivity index (χ4v) is 2.13. The number of anilines is 2. The monoisotopic (exact) mass is 278 g/mol. The van der Waals surface area contributed by atoms with Crippen molar-refractivity contribution in [3.8, 4) is 6.07 Å². The Bertz CT molecular complexity index is 503. The molecule has 0 saturated carbocycles. The van der Waals surface area contributed by atoms with E-state index in [1.54, 1.807) is 6.07 Å². The van der Waals surface area contributed by atoms with Crippen molar-refractivity contribution >= 4 is 27.9 Å². The Labute approximate surface area is 104 Å². The van der Waals surface area contributed by atoms with Gasteiger partial charge < -0.3 is 16.8 Å². The highest BCUT2D eigenvalue weighted by molar-refractivity contribution is 7.18. The summed E-state index contributed by atoms with van der Waals surface area (Å²) in [4.78, 5) is 10.9. The van der Waals surface area contributed by atoms with Crippen LogP contribution in [-0.4, -0.2) is 18.6 Å². The Hall–Kier alpha value is -1.95. The van der Waals surface area contributed by atoms with Crippen molar-refractivity contribution < 1.29 is 18.0 Å². The minimum absolute atomic E-state index is 0.0407. The number of alkyl halides is 3. The lowest BCUT2D eigenvalue weighted by Gasteiger charge is -2.07. The average molecular weight is 278 g/mol. The van der Waals surface area contributed by atoms with Crippen molar-refractivity contribution in [1.82, 2.24) is 0 Å². The van der Waals surface area contributed by atoms with Crippen molar-refractivity contribution in [2.75, 3.05) is 17.6 Å². The van der Waals surface area contributed by atoms with Crippen LogP contribution in [0.4, 0.5) is 23.9 Å². The third-order valence-electron chi connectivity index (χ3n) is 1.97. The first kappa shape index (κ1) is 14.1. The molecule has 0 unspecified atom stereocenters. The van der Waals surface area contributed by atoms with E-state index in [-0.39, 0.29) is 21.1 Å². The summed E-state index contributed by atoms with van der Waals surface area (Å²) >= 11 is 0.769. The van der Waals surface area contributed by atoms with E-state index in [0.717, 1.165) is 11.3 Å². The van der Waals surface area contributed by atoms with Gasteiger partial charge in [-0.15, -0.1) is 11.3 Å². The van der Waals surface area contributed by atoms with Crippen molar-refractivity contribution in [2.45, 2.75) is 12.6 Å². The van der Waals surface area contributed by atoms with Crippen LogP contribution >= 0.6 is 11.3 Å². The summed E-state index contributed by atoms with van der Waals surface area (Å²) in [6, 6.07) is 1.72. The number of nitrogens with one attached hydrogen (secondary N) is 1. The molecule has 0 aromatic carbocycles. The number of carbonyl (C=O) groups is 1. The summed E-state index contributed by atoms with van der Waals surface area (Å²) in [5.74, 6) is -0.821. The summed E-state index contributed by atoms with van der Waals surface area (Å²) < 4.78 is 35.9. The zero-order valence-electron chi connectivity index (χ0n) is 8.97. The Morgan fingerprint density at radius 1 is 1.50 bits per heavy atom. The second kappa shape index (κ2) is 5.14. The summed E-state index contributed by atoms with van der Waals surface area (Å²) in [5.41, 5.74) is 10.4. The van der Waals surface area contributed by atoms with Gasteiger partial charge >= 0.3 is 6.18 Å². The number of nitrogen functional groups attached to an aromatic ring is 1.